The lowest BCUT2D eigenvalue weighted by molar-refractivity contribution is -0.109. The van der Waals surface area contributed by atoms with Gasteiger partial charge in [0.1, 0.15) is 0 Å². The van der Waals surface area contributed by atoms with Crippen molar-refractivity contribution in [2.45, 2.75) is 38.9 Å². The summed E-state index contributed by atoms with van der Waals surface area (Å²) in [5.74, 6) is 0. The van der Waals surface area contributed by atoms with Gasteiger partial charge in [-0.1, -0.05) is 54.6 Å². The molecule has 0 saturated carbocycles. The van der Waals surface area contributed by atoms with Gasteiger partial charge in [0, 0.05) is 16.5 Å². The summed E-state index contributed by atoms with van der Waals surface area (Å²) >= 11 is 0. The van der Waals surface area contributed by atoms with Crippen molar-refractivity contribution in [3.05, 3.63) is 78.9 Å². The van der Waals surface area contributed by atoms with Gasteiger partial charge >= 0.3 is 7.32 Å². The molecule has 0 bridgehead atoms. The normalized spacial score (nSPS) is 12.0. The molecule has 0 fully saturated rings. The van der Waals surface area contributed by atoms with E-state index in [0.29, 0.717) is 0 Å². The second-order valence-electron chi connectivity index (χ2n) is 8.22. The maximum absolute atomic E-state index is 9.45. The molecule has 0 aliphatic rings. The monoisotopic (exact) mass is 405 g/mol. The topological polar surface area (TPSA) is 74.8 Å². The third kappa shape index (κ3) is 4.58. The minimum absolute atomic E-state index is 0.985. The van der Waals surface area contributed by atoms with E-state index in [4.69, 9.17) is 10.0 Å². The molecule has 3 N–H and O–H groups in total. The van der Waals surface area contributed by atoms with Gasteiger partial charge < -0.3 is 24.4 Å². The predicted molar refractivity (Wildman–Crippen MR) is 122 cm³/mol. The molecule has 0 spiro atoms. The zero-order chi connectivity index (χ0) is 21.9. The SMILES string of the molecule is CC(C)(O)C(C)(C)OB(O)O.c1ccc(-n2c3ccccc3c3ccccc32)cc1. The Labute approximate surface area is 177 Å². The molecule has 4 aromatic rings. The first-order valence-electron chi connectivity index (χ1n) is 9.92. The number of rotatable bonds is 4. The predicted octanol–water partition coefficient (Wildman–Crippen LogP) is 4.31. The van der Waals surface area contributed by atoms with Gasteiger partial charge in [-0.25, -0.2) is 0 Å². The molecule has 0 radical (unpaired) electrons. The Morgan fingerprint density at radius 2 is 1.13 bits per heavy atom. The third-order valence-electron chi connectivity index (χ3n) is 5.47. The maximum Gasteiger partial charge on any atom is 0.634 e. The van der Waals surface area contributed by atoms with Crippen LogP contribution in [0.15, 0.2) is 78.9 Å². The van der Waals surface area contributed by atoms with Crippen LogP contribution < -0.4 is 0 Å². The summed E-state index contributed by atoms with van der Waals surface area (Å²) in [4.78, 5) is 0. The lowest BCUT2D eigenvalue weighted by Crippen LogP contribution is -2.50. The number of nitrogens with zero attached hydrogens (tertiary/aromatic N) is 1. The van der Waals surface area contributed by atoms with Gasteiger partial charge in [0.05, 0.1) is 22.2 Å². The van der Waals surface area contributed by atoms with Gasteiger partial charge in [0.2, 0.25) is 0 Å². The summed E-state index contributed by atoms with van der Waals surface area (Å²) in [6.07, 6.45) is 0. The van der Waals surface area contributed by atoms with Gasteiger partial charge in [-0.05, 0) is 52.0 Å². The molecule has 0 aliphatic heterocycles. The van der Waals surface area contributed by atoms with Crippen molar-refractivity contribution in [1.29, 1.82) is 0 Å². The molecule has 1 heterocycles. The van der Waals surface area contributed by atoms with Crippen LogP contribution in [0.25, 0.3) is 27.5 Å². The van der Waals surface area contributed by atoms with Crippen molar-refractivity contribution in [2.24, 2.45) is 0 Å². The first-order chi connectivity index (χ1) is 14.1. The Kier molecular flexibility index (Phi) is 6.34. The van der Waals surface area contributed by atoms with E-state index < -0.39 is 18.5 Å². The fourth-order valence-corrected chi connectivity index (χ4v) is 3.19. The van der Waals surface area contributed by atoms with E-state index in [9.17, 15) is 5.11 Å². The molecular weight excluding hydrogens is 377 g/mol. The molecule has 0 unspecified atom stereocenters. The molecular formula is C24H28BNO4. The minimum atomic E-state index is -1.85. The van der Waals surface area contributed by atoms with E-state index in [-0.39, 0.29) is 0 Å². The molecule has 0 saturated heterocycles. The summed E-state index contributed by atoms with van der Waals surface area (Å²) in [5, 5.41) is 29.0. The zero-order valence-electron chi connectivity index (χ0n) is 17.8. The van der Waals surface area contributed by atoms with Crippen molar-refractivity contribution in [3.8, 4) is 5.69 Å². The molecule has 1 aromatic heterocycles. The largest absolute Gasteiger partial charge is 0.634 e. The molecule has 3 aromatic carbocycles. The standard InChI is InChI=1S/C18H13N.C6H15BO4/c1-2-8-14(9-3-1)19-17-12-6-4-10-15(17)16-11-5-7-13-18(16)19;1-5(2,8)6(3,4)11-7(9)10/h1-13H;8-10H,1-4H3. The van der Waals surface area contributed by atoms with Crippen LogP contribution in [-0.2, 0) is 4.65 Å². The van der Waals surface area contributed by atoms with Gasteiger partial charge in [0.25, 0.3) is 0 Å². The maximum atomic E-state index is 9.45. The quantitative estimate of drug-likeness (QED) is 0.443. The van der Waals surface area contributed by atoms with Crippen molar-refractivity contribution < 1.29 is 19.8 Å². The molecule has 0 aliphatic carbocycles. The molecule has 6 heteroatoms. The summed E-state index contributed by atoms with van der Waals surface area (Å²) in [5.41, 5.74) is 1.63. The van der Waals surface area contributed by atoms with Crippen LogP contribution in [0.1, 0.15) is 27.7 Å². The van der Waals surface area contributed by atoms with E-state index in [1.54, 1.807) is 13.8 Å². The fourth-order valence-electron chi connectivity index (χ4n) is 3.19. The number of benzene rings is 3. The van der Waals surface area contributed by atoms with Crippen molar-refractivity contribution >= 4 is 29.1 Å². The Hall–Kier alpha value is -2.64. The molecule has 0 amide bonds. The smallest absolute Gasteiger partial charge is 0.402 e. The highest BCUT2D eigenvalue weighted by atomic mass is 16.6. The van der Waals surface area contributed by atoms with Crippen LogP contribution in [-0.4, -0.2) is 38.2 Å². The third-order valence-corrected chi connectivity index (χ3v) is 5.47. The average Bonchev–Trinajstić information content (AvgIpc) is 3.02. The zero-order valence-corrected chi connectivity index (χ0v) is 17.8. The summed E-state index contributed by atoms with van der Waals surface area (Å²) in [7, 11) is -1.85. The lowest BCUT2D eigenvalue weighted by Gasteiger charge is -2.37. The van der Waals surface area contributed by atoms with E-state index >= 15 is 0 Å². The van der Waals surface area contributed by atoms with E-state index in [2.05, 4.69) is 88.1 Å². The van der Waals surface area contributed by atoms with Gasteiger partial charge in [0.15, 0.2) is 0 Å². The Balaban J connectivity index is 0.000000202. The molecule has 0 atom stereocenters. The number of hydrogen-bond donors (Lipinski definition) is 3. The van der Waals surface area contributed by atoms with Crippen LogP contribution in [0.3, 0.4) is 0 Å². The van der Waals surface area contributed by atoms with Crippen LogP contribution in [0.2, 0.25) is 0 Å². The number of fused-ring (bicyclic) bond motifs is 3. The molecule has 156 valence electrons. The Bertz CT molecular complexity index is 1060. The average molecular weight is 405 g/mol. The van der Waals surface area contributed by atoms with Gasteiger partial charge in [-0.15, -0.1) is 0 Å². The fraction of sp³-hybridized carbons (Fsp3) is 0.250. The second-order valence-corrected chi connectivity index (χ2v) is 8.22. The number of para-hydroxylation sites is 3. The summed E-state index contributed by atoms with van der Waals surface area (Å²) in [6, 6.07) is 27.7. The van der Waals surface area contributed by atoms with Gasteiger partial charge in [-0.3, -0.25) is 0 Å². The van der Waals surface area contributed by atoms with Crippen molar-refractivity contribution in [3.63, 3.8) is 0 Å². The Morgan fingerprint density at radius 3 is 1.53 bits per heavy atom. The molecule has 30 heavy (non-hydrogen) atoms. The lowest BCUT2D eigenvalue weighted by atomic mass is 9.88. The van der Waals surface area contributed by atoms with Gasteiger partial charge in [-0.2, -0.15) is 0 Å². The first-order valence-corrected chi connectivity index (χ1v) is 9.92. The molecule has 5 nitrogen and oxygen atoms in total. The van der Waals surface area contributed by atoms with Crippen LogP contribution in [0.4, 0.5) is 0 Å². The van der Waals surface area contributed by atoms with E-state index in [1.807, 2.05) is 0 Å². The highest BCUT2D eigenvalue weighted by Gasteiger charge is 2.38. The summed E-state index contributed by atoms with van der Waals surface area (Å²) < 4.78 is 6.99. The number of aromatic nitrogens is 1. The second kappa shape index (κ2) is 8.62. The van der Waals surface area contributed by atoms with E-state index in [1.165, 1.54) is 41.3 Å². The minimum Gasteiger partial charge on any atom is -0.402 e. The summed E-state index contributed by atoms with van der Waals surface area (Å²) in [6.45, 7) is 6.23. The van der Waals surface area contributed by atoms with E-state index in [0.717, 1.165) is 0 Å². The number of aliphatic hydroxyl groups is 1. The van der Waals surface area contributed by atoms with Crippen molar-refractivity contribution in [2.75, 3.05) is 0 Å². The van der Waals surface area contributed by atoms with Crippen LogP contribution in [0, 0.1) is 0 Å². The van der Waals surface area contributed by atoms with Crippen molar-refractivity contribution in [1.82, 2.24) is 4.57 Å². The van der Waals surface area contributed by atoms with Crippen LogP contribution >= 0.6 is 0 Å². The van der Waals surface area contributed by atoms with Crippen LogP contribution in [0.5, 0.6) is 0 Å². The highest BCUT2D eigenvalue weighted by Crippen LogP contribution is 2.31. The highest BCUT2D eigenvalue weighted by molar-refractivity contribution is 6.32. The number of hydrogen-bond acceptors (Lipinski definition) is 4. The first kappa shape index (κ1) is 22.1. The molecule has 4 rings (SSSR count). The Morgan fingerprint density at radius 1 is 0.700 bits per heavy atom.